The molecule has 0 aliphatic carbocycles. The van der Waals surface area contributed by atoms with Crippen LogP contribution >= 0.6 is 0 Å². The number of alkyl halides is 2. The molecule has 0 atom stereocenters. The van der Waals surface area contributed by atoms with Crippen molar-refractivity contribution >= 4 is 0 Å². The molecule has 0 bridgehead atoms. The van der Waals surface area contributed by atoms with Gasteiger partial charge in [-0.05, 0) is 12.5 Å². The molecule has 0 aliphatic rings. The normalized spacial score (nSPS) is 12.0. The van der Waals surface area contributed by atoms with Gasteiger partial charge in [-0.15, -0.1) is 0 Å². The highest BCUT2D eigenvalue weighted by atomic mass is 19.3. The van der Waals surface area contributed by atoms with Crippen LogP contribution in [0.5, 0.6) is 0 Å². The minimum Gasteiger partial charge on any atom is -0.209 e. The van der Waals surface area contributed by atoms with Crippen molar-refractivity contribution in [2.45, 2.75) is 26.3 Å². The minimum atomic E-state index is -2.84. The van der Waals surface area contributed by atoms with Crippen LogP contribution in [0.1, 0.15) is 18.9 Å². The number of rotatable bonds is 2. The van der Waals surface area contributed by atoms with Gasteiger partial charge in [-0.1, -0.05) is 6.92 Å². The first-order valence-corrected chi connectivity index (χ1v) is 3.46. The fourth-order valence-electron chi connectivity index (χ4n) is 0.754. The number of halogens is 2. The second kappa shape index (κ2) is 2.60. The van der Waals surface area contributed by atoms with Crippen LogP contribution in [0.3, 0.4) is 0 Å². The van der Waals surface area contributed by atoms with Crippen molar-refractivity contribution in [3.05, 3.63) is 18.0 Å². The number of aromatic nitrogens is 2. The summed E-state index contributed by atoms with van der Waals surface area (Å²) in [5.41, 5.74) is 0.748. The lowest BCUT2D eigenvalue weighted by Gasteiger charge is -2.13. The van der Waals surface area contributed by atoms with E-state index in [2.05, 4.69) is 5.10 Å². The van der Waals surface area contributed by atoms with E-state index in [1.165, 1.54) is 19.3 Å². The van der Waals surface area contributed by atoms with Crippen LogP contribution in [0.25, 0.3) is 0 Å². The van der Waals surface area contributed by atoms with E-state index in [0.29, 0.717) is 4.68 Å². The molecule has 4 heteroatoms. The van der Waals surface area contributed by atoms with Gasteiger partial charge in [-0.2, -0.15) is 13.9 Å². The lowest BCUT2D eigenvalue weighted by Crippen LogP contribution is -2.22. The average molecular weight is 160 g/mol. The molecule has 1 rings (SSSR count). The zero-order valence-electron chi connectivity index (χ0n) is 6.51. The van der Waals surface area contributed by atoms with Gasteiger partial charge in [-0.3, -0.25) is 0 Å². The van der Waals surface area contributed by atoms with E-state index in [9.17, 15) is 8.78 Å². The van der Waals surface area contributed by atoms with E-state index < -0.39 is 6.05 Å². The van der Waals surface area contributed by atoms with Crippen LogP contribution in [0.4, 0.5) is 8.78 Å². The van der Waals surface area contributed by atoms with E-state index in [1.54, 1.807) is 6.92 Å². The van der Waals surface area contributed by atoms with Crippen LogP contribution < -0.4 is 0 Å². The maximum absolute atomic E-state index is 12.8. The number of hydrogen-bond donors (Lipinski definition) is 0. The lowest BCUT2D eigenvalue weighted by molar-refractivity contribution is -0.0951. The zero-order valence-corrected chi connectivity index (χ0v) is 6.51. The van der Waals surface area contributed by atoms with Crippen LogP contribution in [-0.2, 0) is 6.05 Å². The van der Waals surface area contributed by atoms with E-state index in [-0.39, 0.29) is 6.42 Å². The summed E-state index contributed by atoms with van der Waals surface area (Å²) in [4.78, 5) is 0. The van der Waals surface area contributed by atoms with Gasteiger partial charge in [-0.25, -0.2) is 4.68 Å². The molecule has 0 unspecified atom stereocenters. The highest BCUT2D eigenvalue weighted by molar-refractivity contribution is 5.00. The van der Waals surface area contributed by atoms with Gasteiger partial charge in [0.1, 0.15) is 0 Å². The molecule has 0 fully saturated rings. The number of aryl methyl sites for hydroxylation is 1. The van der Waals surface area contributed by atoms with Gasteiger partial charge < -0.3 is 0 Å². The van der Waals surface area contributed by atoms with Crippen LogP contribution in [0.15, 0.2) is 12.4 Å². The Labute approximate surface area is 63.8 Å². The molecule has 11 heavy (non-hydrogen) atoms. The first-order chi connectivity index (χ1) is 5.06. The monoisotopic (exact) mass is 160 g/mol. The molecule has 62 valence electrons. The number of nitrogens with zero attached hydrogens (tertiary/aromatic N) is 2. The Bertz CT molecular complexity index is 242. The third kappa shape index (κ3) is 1.56. The van der Waals surface area contributed by atoms with Gasteiger partial charge in [0, 0.05) is 12.6 Å². The fourth-order valence-corrected chi connectivity index (χ4v) is 0.754. The first kappa shape index (κ1) is 8.17. The first-order valence-electron chi connectivity index (χ1n) is 3.46. The van der Waals surface area contributed by atoms with Crippen molar-refractivity contribution in [3.63, 3.8) is 0 Å². The van der Waals surface area contributed by atoms with Crippen LogP contribution in [0.2, 0.25) is 0 Å². The topological polar surface area (TPSA) is 17.8 Å². The molecule has 2 nitrogen and oxygen atoms in total. The molecule has 0 amide bonds. The summed E-state index contributed by atoms with van der Waals surface area (Å²) >= 11 is 0. The van der Waals surface area contributed by atoms with Crippen molar-refractivity contribution in [2.75, 3.05) is 0 Å². The summed E-state index contributed by atoms with van der Waals surface area (Å²) < 4.78 is 26.3. The molecule has 1 heterocycles. The van der Waals surface area contributed by atoms with Gasteiger partial charge in [0.05, 0.1) is 6.20 Å². The molecule has 0 saturated heterocycles. The lowest BCUT2D eigenvalue weighted by atomic mass is 10.4. The summed E-state index contributed by atoms with van der Waals surface area (Å²) in [6.07, 6.45) is 2.53. The maximum Gasteiger partial charge on any atom is 0.343 e. The summed E-state index contributed by atoms with van der Waals surface area (Å²) in [6, 6.07) is -2.84. The van der Waals surface area contributed by atoms with E-state index in [1.807, 2.05) is 0 Å². The Hall–Kier alpha value is -0.930. The van der Waals surface area contributed by atoms with E-state index >= 15 is 0 Å². The second-order valence-corrected chi connectivity index (χ2v) is 2.48. The van der Waals surface area contributed by atoms with Gasteiger partial charge >= 0.3 is 6.05 Å². The largest absolute Gasteiger partial charge is 0.343 e. The van der Waals surface area contributed by atoms with Crippen molar-refractivity contribution < 1.29 is 8.78 Å². The third-order valence-corrected chi connectivity index (χ3v) is 1.47. The van der Waals surface area contributed by atoms with Gasteiger partial charge in [0.25, 0.3) is 0 Å². The van der Waals surface area contributed by atoms with Gasteiger partial charge in [0.15, 0.2) is 0 Å². The predicted octanol–water partition coefficient (Wildman–Crippen LogP) is 2.15. The Morgan fingerprint density at radius 3 is 2.64 bits per heavy atom. The van der Waals surface area contributed by atoms with E-state index in [0.717, 1.165) is 5.56 Å². The summed E-state index contributed by atoms with van der Waals surface area (Å²) in [5.74, 6) is 0. The molecule has 0 aromatic carbocycles. The molecule has 1 aromatic rings. The van der Waals surface area contributed by atoms with Crippen LogP contribution in [0, 0.1) is 6.92 Å². The summed E-state index contributed by atoms with van der Waals surface area (Å²) in [6.45, 7) is 3.16. The minimum absolute atomic E-state index is 0.228. The SMILES string of the molecule is CCC(F)(F)n1cc(C)cn1. The molecule has 0 saturated carbocycles. The molecule has 0 radical (unpaired) electrons. The molecular formula is C7H10F2N2. The van der Waals surface area contributed by atoms with Crippen molar-refractivity contribution in [3.8, 4) is 0 Å². The second-order valence-electron chi connectivity index (χ2n) is 2.48. The third-order valence-electron chi connectivity index (χ3n) is 1.47. The summed E-state index contributed by atoms with van der Waals surface area (Å²) in [5, 5.41) is 3.52. The quantitative estimate of drug-likeness (QED) is 0.648. The molecular weight excluding hydrogens is 150 g/mol. The van der Waals surface area contributed by atoms with Gasteiger partial charge in [0.2, 0.25) is 0 Å². The molecule has 0 N–H and O–H groups in total. The zero-order chi connectivity index (χ0) is 8.48. The van der Waals surface area contributed by atoms with E-state index in [4.69, 9.17) is 0 Å². The highest BCUT2D eigenvalue weighted by Gasteiger charge is 2.28. The van der Waals surface area contributed by atoms with Crippen molar-refractivity contribution in [2.24, 2.45) is 0 Å². The highest BCUT2D eigenvalue weighted by Crippen LogP contribution is 2.23. The van der Waals surface area contributed by atoms with Crippen molar-refractivity contribution in [1.82, 2.24) is 9.78 Å². The number of hydrogen-bond acceptors (Lipinski definition) is 1. The Balaban J connectivity index is 2.92. The maximum atomic E-state index is 12.8. The van der Waals surface area contributed by atoms with Crippen LogP contribution in [-0.4, -0.2) is 9.78 Å². The Morgan fingerprint density at radius 2 is 2.27 bits per heavy atom. The molecule has 1 aromatic heterocycles. The average Bonchev–Trinajstić information content (AvgIpc) is 2.36. The molecule has 0 spiro atoms. The standard InChI is InChI=1S/C7H10F2N2/c1-3-7(8,9)11-5-6(2)4-10-11/h4-5H,3H2,1-2H3. The predicted molar refractivity (Wildman–Crippen MR) is 37.4 cm³/mol. The Kier molecular flexibility index (Phi) is 1.93. The fraction of sp³-hybridized carbons (Fsp3) is 0.571. The smallest absolute Gasteiger partial charge is 0.209 e. The molecule has 0 aliphatic heterocycles. The summed E-state index contributed by atoms with van der Waals surface area (Å²) in [7, 11) is 0. The van der Waals surface area contributed by atoms with Crippen molar-refractivity contribution in [1.29, 1.82) is 0 Å². The Morgan fingerprint density at radius 1 is 1.64 bits per heavy atom.